The van der Waals surface area contributed by atoms with Crippen molar-refractivity contribution in [3.05, 3.63) is 41.2 Å². The van der Waals surface area contributed by atoms with Gasteiger partial charge in [-0.25, -0.2) is 9.97 Å². The first-order valence-corrected chi connectivity index (χ1v) is 12.6. The van der Waals surface area contributed by atoms with Crippen molar-refractivity contribution in [3.8, 4) is 0 Å². The number of anilines is 2. The fourth-order valence-corrected chi connectivity index (χ4v) is 6.44. The van der Waals surface area contributed by atoms with Gasteiger partial charge in [-0.05, 0) is 43.0 Å². The average molecular weight is 491 g/mol. The molecule has 6 rings (SSSR count). The number of hydrogen-bond donors (Lipinski definition) is 3. The molecule has 10 nitrogen and oxygen atoms in total. The van der Waals surface area contributed by atoms with E-state index < -0.39 is 0 Å². The van der Waals surface area contributed by atoms with Crippen LogP contribution in [0.3, 0.4) is 0 Å². The molecule has 180 valence electrons. The van der Waals surface area contributed by atoms with Crippen LogP contribution in [0.25, 0.3) is 21.1 Å². The van der Waals surface area contributed by atoms with E-state index in [0.717, 1.165) is 51.9 Å². The van der Waals surface area contributed by atoms with Gasteiger partial charge in [0.25, 0.3) is 0 Å². The Morgan fingerprint density at radius 3 is 2.89 bits per heavy atom. The molecular weight excluding hydrogens is 464 g/mol. The van der Waals surface area contributed by atoms with Crippen molar-refractivity contribution in [2.45, 2.75) is 19.3 Å². The number of piperazine rings is 1. The monoisotopic (exact) mass is 490 g/mol. The number of carbonyl (C=O) groups excluding carboxylic acids is 2. The molecule has 1 saturated heterocycles. The second kappa shape index (κ2) is 8.90. The first-order chi connectivity index (χ1) is 17.0. The van der Waals surface area contributed by atoms with Crippen LogP contribution in [-0.2, 0) is 22.4 Å². The second-order valence-corrected chi connectivity index (χ2v) is 10.3. The SMILES string of the molecule is NC(=O)CN1CCN(C(=O)C2CCc3c(sc4ncnc(Nc5ccc6[nH]ncc6c5)c34)C2)CC1. The lowest BCUT2D eigenvalue weighted by Crippen LogP contribution is -2.52. The van der Waals surface area contributed by atoms with E-state index in [1.165, 1.54) is 10.4 Å². The average Bonchev–Trinajstić information content (AvgIpc) is 3.47. The number of H-pyrrole nitrogens is 1. The normalized spacial score (nSPS) is 18.6. The van der Waals surface area contributed by atoms with Gasteiger partial charge >= 0.3 is 0 Å². The highest BCUT2D eigenvalue weighted by Gasteiger charge is 2.33. The zero-order valence-corrected chi connectivity index (χ0v) is 20.0. The molecule has 4 heterocycles. The molecule has 0 spiro atoms. The third-order valence-electron chi connectivity index (χ3n) is 6.96. The number of aromatic nitrogens is 4. The molecule has 1 aromatic carbocycles. The Morgan fingerprint density at radius 1 is 1.20 bits per heavy atom. The van der Waals surface area contributed by atoms with Crippen molar-refractivity contribution in [3.63, 3.8) is 0 Å². The summed E-state index contributed by atoms with van der Waals surface area (Å²) in [6, 6.07) is 6.05. The molecular formula is C24H26N8O2S. The summed E-state index contributed by atoms with van der Waals surface area (Å²) in [5.74, 6) is 0.662. The van der Waals surface area contributed by atoms with Crippen molar-refractivity contribution in [1.29, 1.82) is 0 Å². The Morgan fingerprint density at radius 2 is 2.06 bits per heavy atom. The van der Waals surface area contributed by atoms with E-state index in [1.54, 1.807) is 23.9 Å². The molecule has 0 bridgehead atoms. The minimum Gasteiger partial charge on any atom is -0.369 e. The molecule has 4 N–H and O–H groups in total. The first-order valence-electron chi connectivity index (χ1n) is 11.8. The summed E-state index contributed by atoms with van der Waals surface area (Å²) in [5, 5.41) is 12.6. The zero-order chi connectivity index (χ0) is 23.9. The molecule has 4 aromatic rings. The van der Waals surface area contributed by atoms with Crippen LogP contribution in [0.5, 0.6) is 0 Å². The Bertz CT molecular complexity index is 1420. The second-order valence-electron chi connectivity index (χ2n) is 9.21. The van der Waals surface area contributed by atoms with Crippen molar-refractivity contribution in [1.82, 2.24) is 30.0 Å². The molecule has 1 aliphatic heterocycles. The molecule has 2 amide bonds. The number of nitrogens with two attached hydrogens (primary N) is 1. The van der Waals surface area contributed by atoms with E-state index in [-0.39, 0.29) is 24.3 Å². The van der Waals surface area contributed by atoms with Crippen molar-refractivity contribution < 1.29 is 9.59 Å². The number of fused-ring (bicyclic) bond motifs is 4. The number of carbonyl (C=O) groups is 2. The maximum Gasteiger partial charge on any atom is 0.231 e. The van der Waals surface area contributed by atoms with Crippen LogP contribution in [0.4, 0.5) is 11.5 Å². The number of aromatic amines is 1. The van der Waals surface area contributed by atoms with Gasteiger partial charge in [0.15, 0.2) is 0 Å². The number of hydrogen-bond acceptors (Lipinski definition) is 8. The van der Waals surface area contributed by atoms with Gasteiger partial charge in [0.1, 0.15) is 17.0 Å². The van der Waals surface area contributed by atoms with Gasteiger partial charge in [-0.3, -0.25) is 19.6 Å². The minimum atomic E-state index is -0.326. The third kappa shape index (κ3) is 4.21. The lowest BCUT2D eigenvalue weighted by Gasteiger charge is -2.36. The number of primary amides is 1. The van der Waals surface area contributed by atoms with Crippen LogP contribution in [0, 0.1) is 5.92 Å². The van der Waals surface area contributed by atoms with Gasteiger partial charge in [-0.2, -0.15) is 5.10 Å². The molecule has 1 aliphatic carbocycles. The summed E-state index contributed by atoms with van der Waals surface area (Å²) in [4.78, 5) is 39.7. The lowest BCUT2D eigenvalue weighted by atomic mass is 9.86. The molecule has 11 heteroatoms. The van der Waals surface area contributed by atoms with Gasteiger partial charge in [0.2, 0.25) is 11.8 Å². The van der Waals surface area contributed by atoms with Crippen LogP contribution in [0.1, 0.15) is 16.9 Å². The van der Waals surface area contributed by atoms with Crippen LogP contribution in [0.15, 0.2) is 30.7 Å². The Kier molecular flexibility index (Phi) is 5.57. The Balaban J connectivity index is 1.20. The fraction of sp³-hybridized carbons (Fsp3) is 0.375. The molecule has 35 heavy (non-hydrogen) atoms. The third-order valence-corrected chi connectivity index (χ3v) is 8.12. The zero-order valence-electron chi connectivity index (χ0n) is 19.2. The molecule has 1 fully saturated rings. The van der Waals surface area contributed by atoms with E-state index in [9.17, 15) is 9.59 Å². The van der Waals surface area contributed by atoms with E-state index >= 15 is 0 Å². The number of aryl methyl sites for hydroxylation is 1. The molecule has 3 aromatic heterocycles. The van der Waals surface area contributed by atoms with E-state index in [0.29, 0.717) is 26.2 Å². The maximum atomic E-state index is 13.3. The van der Waals surface area contributed by atoms with Crippen molar-refractivity contribution in [2.75, 3.05) is 38.0 Å². The smallest absolute Gasteiger partial charge is 0.231 e. The van der Waals surface area contributed by atoms with Gasteiger partial charge < -0.3 is 16.0 Å². The van der Waals surface area contributed by atoms with Gasteiger partial charge in [0.05, 0.1) is 23.6 Å². The predicted molar refractivity (Wildman–Crippen MR) is 135 cm³/mol. The number of benzene rings is 1. The van der Waals surface area contributed by atoms with Crippen LogP contribution >= 0.6 is 11.3 Å². The molecule has 1 unspecified atom stereocenters. The fourth-order valence-electron chi connectivity index (χ4n) is 5.18. The van der Waals surface area contributed by atoms with Crippen molar-refractivity contribution >= 4 is 55.8 Å². The van der Waals surface area contributed by atoms with E-state index in [4.69, 9.17) is 5.73 Å². The number of nitrogens with zero attached hydrogens (tertiary/aromatic N) is 5. The minimum absolute atomic E-state index is 0.0221. The summed E-state index contributed by atoms with van der Waals surface area (Å²) in [7, 11) is 0. The van der Waals surface area contributed by atoms with Crippen LogP contribution in [0.2, 0.25) is 0 Å². The predicted octanol–water partition coefficient (Wildman–Crippen LogP) is 2.05. The summed E-state index contributed by atoms with van der Waals surface area (Å²) in [6.07, 6.45) is 5.77. The lowest BCUT2D eigenvalue weighted by molar-refractivity contribution is -0.137. The summed E-state index contributed by atoms with van der Waals surface area (Å²) in [5.41, 5.74) is 8.49. The highest BCUT2D eigenvalue weighted by atomic mass is 32.1. The highest BCUT2D eigenvalue weighted by Crippen LogP contribution is 2.41. The largest absolute Gasteiger partial charge is 0.369 e. The number of amides is 2. The molecule has 0 saturated carbocycles. The summed E-state index contributed by atoms with van der Waals surface area (Å²) in [6.45, 7) is 2.91. The first kappa shape index (κ1) is 21.9. The summed E-state index contributed by atoms with van der Waals surface area (Å²) >= 11 is 1.67. The molecule has 0 radical (unpaired) electrons. The van der Waals surface area contributed by atoms with E-state index in [1.807, 2.05) is 28.0 Å². The van der Waals surface area contributed by atoms with Crippen LogP contribution in [-0.4, -0.2) is 74.5 Å². The topological polar surface area (TPSA) is 133 Å². The Hall–Kier alpha value is -3.57. The molecule has 2 aliphatic rings. The van der Waals surface area contributed by atoms with Gasteiger partial charge in [-0.1, -0.05) is 0 Å². The van der Waals surface area contributed by atoms with Crippen LogP contribution < -0.4 is 11.1 Å². The quantitative estimate of drug-likeness (QED) is 0.390. The van der Waals surface area contributed by atoms with Gasteiger partial charge in [-0.15, -0.1) is 11.3 Å². The van der Waals surface area contributed by atoms with E-state index in [2.05, 4.69) is 25.5 Å². The summed E-state index contributed by atoms with van der Waals surface area (Å²) < 4.78 is 0. The van der Waals surface area contributed by atoms with Crippen molar-refractivity contribution in [2.24, 2.45) is 11.7 Å². The number of thiophene rings is 1. The Labute approximate surface area is 205 Å². The molecule has 1 atom stereocenters. The standard InChI is InChI=1S/C24H26N8O2S/c25-20(33)12-31-5-7-32(8-6-31)24(34)14-1-3-17-19(10-14)35-23-21(17)22(26-13-27-23)29-16-2-4-18-15(9-16)11-28-30-18/h2,4,9,11,13-14H,1,3,5-8,10,12H2,(H2,25,33)(H,28,30)(H,26,27,29). The maximum absolute atomic E-state index is 13.3. The van der Waals surface area contributed by atoms with Gasteiger partial charge in [0, 0.05) is 48.0 Å². The number of rotatable bonds is 5. The highest BCUT2D eigenvalue weighted by molar-refractivity contribution is 7.19. The number of nitrogens with one attached hydrogen (secondary N) is 2.